The SMILES string of the molecule is CCN1/C(=C/C=C2\C(=O)N(c3ccccc3)N=C2N(C)C)C(C)(C)c2ccccc21. The molecule has 0 N–H and O–H groups in total. The molecule has 2 aliphatic rings. The molecule has 0 spiro atoms. The van der Waals surface area contributed by atoms with Gasteiger partial charge in [0.1, 0.15) is 0 Å². The summed E-state index contributed by atoms with van der Waals surface area (Å²) in [6, 6.07) is 18.1. The molecule has 5 nitrogen and oxygen atoms in total. The van der Waals surface area contributed by atoms with Crippen molar-refractivity contribution in [3.63, 3.8) is 0 Å². The standard InChI is InChI=1S/C25H28N4O/c1-6-28-21-15-11-10-14-20(21)25(2,3)22(28)17-16-19-23(27(4)5)26-29(24(19)30)18-12-8-7-9-13-18/h7-17H,6H2,1-5H3/b19-16-,22-17+. The number of benzene rings is 2. The smallest absolute Gasteiger partial charge is 0.282 e. The van der Waals surface area contributed by atoms with Crippen LogP contribution in [0, 0.1) is 0 Å². The minimum atomic E-state index is -0.139. The molecule has 0 bridgehead atoms. The van der Waals surface area contributed by atoms with Gasteiger partial charge in [-0.1, -0.05) is 50.2 Å². The number of amides is 1. The number of nitrogens with zero attached hydrogens (tertiary/aromatic N) is 4. The molecule has 30 heavy (non-hydrogen) atoms. The van der Waals surface area contributed by atoms with E-state index in [9.17, 15) is 4.79 Å². The van der Waals surface area contributed by atoms with Gasteiger partial charge in [-0.05, 0) is 42.8 Å². The fraction of sp³-hybridized carbons (Fsp3) is 0.280. The molecule has 1 amide bonds. The van der Waals surface area contributed by atoms with Crippen molar-refractivity contribution in [2.24, 2.45) is 5.10 Å². The maximum absolute atomic E-state index is 13.2. The molecule has 2 heterocycles. The highest BCUT2D eigenvalue weighted by molar-refractivity contribution is 6.29. The number of carbonyl (C=O) groups excluding carboxylic acids is 1. The van der Waals surface area contributed by atoms with Gasteiger partial charge >= 0.3 is 0 Å². The minimum Gasteiger partial charge on any atom is -0.361 e. The average Bonchev–Trinajstić information content (AvgIpc) is 3.18. The molecule has 154 valence electrons. The Morgan fingerprint density at radius 2 is 1.67 bits per heavy atom. The molecule has 0 aromatic heterocycles. The number of allylic oxidation sites excluding steroid dienone is 3. The van der Waals surface area contributed by atoms with E-state index in [0.29, 0.717) is 11.4 Å². The van der Waals surface area contributed by atoms with E-state index in [1.54, 1.807) is 0 Å². The number of fused-ring (bicyclic) bond motifs is 1. The molecule has 0 unspecified atom stereocenters. The predicted molar refractivity (Wildman–Crippen MR) is 124 cm³/mol. The number of rotatable bonds is 3. The van der Waals surface area contributed by atoms with Crippen LogP contribution in [0.3, 0.4) is 0 Å². The molecule has 2 aliphatic heterocycles. The summed E-state index contributed by atoms with van der Waals surface area (Å²) in [4.78, 5) is 17.4. The van der Waals surface area contributed by atoms with Gasteiger partial charge in [0.25, 0.3) is 5.91 Å². The number of anilines is 2. The number of likely N-dealkylation sites (N-methyl/N-ethyl adjacent to an activating group) is 2. The van der Waals surface area contributed by atoms with Crippen LogP contribution < -0.4 is 9.91 Å². The molecule has 0 radical (unpaired) electrons. The van der Waals surface area contributed by atoms with E-state index in [4.69, 9.17) is 0 Å². The van der Waals surface area contributed by atoms with Crippen molar-refractivity contribution in [2.75, 3.05) is 30.5 Å². The molecule has 5 heteroatoms. The van der Waals surface area contributed by atoms with Crippen molar-refractivity contribution < 1.29 is 4.79 Å². The molecule has 2 aromatic carbocycles. The molecule has 0 saturated carbocycles. The highest BCUT2D eigenvalue weighted by Crippen LogP contribution is 2.47. The van der Waals surface area contributed by atoms with E-state index in [2.05, 4.69) is 61.1 Å². The van der Waals surface area contributed by atoms with Crippen molar-refractivity contribution in [3.05, 3.63) is 83.6 Å². The van der Waals surface area contributed by atoms with Crippen LogP contribution in [0.15, 0.2) is 83.1 Å². The third-order valence-electron chi connectivity index (χ3n) is 5.81. The first-order valence-electron chi connectivity index (χ1n) is 10.3. The number of carbonyl (C=O) groups is 1. The van der Waals surface area contributed by atoms with Gasteiger partial charge in [0, 0.05) is 37.4 Å². The van der Waals surface area contributed by atoms with Crippen LogP contribution in [0.4, 0.5) is 11.4 Å². The van der Waals surface area contributed by atoms with E-state index >= 15 is 0 Å². The first-order chi connectivity index (χ1) is 14.4. The molecule has 0 saturated heterocycles. The van der Waals surface area contributed by atoms with Crippen LogP contribution in [0.1, 0.15) is 26.3 Å². The van der Waals surface area contributed by atoms with Crippen LogP contribution in [0.2, 0.25) is 0 Å². The Hall–Kier alpha value is -3.34. The molecule has 4 rings (SSSR count). The second kappa shape index (κ2) is 7.48. The van der Waals surface area contributed by atoms with Crippen molar-refractivity contribution in [1.29, 1.82) is 0 Å². The molecular weight excluding hydrogens is 372 g/mol. The zero-order valence-corrected chi connectivity index (χ0v) is 18.3. The van der Waals surface area contributed by atoms with Gasteiger partial charge in [0.05, 0.1) is 11.3 Å². The molecular formula is C25H28N4O. The van der Waals surface area contributed by atoms with Crippen LogP contribution in [-0.2, 0) is 10.2 Å². The summed E-state index contributed by atoms with van der Waals surface area (Å²) in [7, 11) is 3.82. The zero-order valence-electron chi connectivity index (χ0n) is 18.3. The van der Waals surface area contributed by atoms with Crippen molar-refractivity contribution in [2.45, 2.75) is 26.2 Å². The summed E-state index contributed by atoms with van der Waals surface area (Å²) < 4.78 is 0. The number of amidine groups is 1. The van der Waals surface area contributed by atoms with E-state index < -0.39 is 0 Å². The zero-order chi connectivity index (χ0) is 21.5. The molecule has 0 fully saturated rings. The largest absolute Gasteiger partial charge is 0.361 e. The molecule has 0 atom stereocenters. The number of hydrogen-bond acceptors (Lipinski definition) is 4. The number of para-hydroxylation sites is 2. The summed E-state index contributed by atoms with van der Waals surface area (Å²) in [5, 5.41) is 6.07. The van der Waals surface area contributed by atoms with Crippen molar-refractivity contribution >= 4 is 23.1 Å². The first kappa shape index (κ1) is 20.0. The average molecular weight is 401 g/mol. The lowest BCUT2D eigenvalue weighted by Gasteiger charge is -2.26. The topological polar surface area (TPSA) is 39.2 Å². The van der Waals surface area contributed by atoms with E-state index in [0.717, 1.165) is 12.2 Å². The Morgan fingerprint density at radius 1 is 1.00 bits per heavy atom. The monoisotopic (exact) mass is 400 g/mol. The van der Waals surface area contributed by atoms with Crippen LogP contribution in [0.25, 0.3) is 0 Å². The maximum atomic E-state index is 13.2. The summed E-state index contributed by atoms with van der Waals surface area (Å²) >= 11 is 0. The van der Waals surface area contributed by atoms with Gasteiger partial charge < -0.3 is 9.80 Å². The van der Waals surface area contributed by atoms with Crippen LogP contribution in [0.5, 0.6) is 0 Å². The van der Waals surface area contributed by atoms with Gasteiger partial charge in [0.2, 0.25) is 0 Å². The van der Waals surface area contributed by atoms with Crippen LogP contribution in [-0.4, -0.2) is 37.3 Å². The van der Waals surface area contributed by atoms with E-state index in [-0.39, 0.29) is 11.3 Å². The van der Waals surface area contributed by atoms with Gasteiger partial charge in [-0.3, -0.25) is 4.79 Å². The Balaban J connectivity index is 1.76. The summed E-state index contributed by atoms with van der Waals surface area (Å²) in [6.45, 7) is 7.50. The van der Waals surface area contributed by atoms with E-state index in [1.807, 2.05) is 55.4 Å². The Kier molecular flexibility index (Phi) is 4.98. The lowest BCUT2D eigenvalue weighted by Crippen LogP contribution is -2.27. The number of hydrazone groups is 1. The first-order valence-corrected chi connectivity index (χ1v) is 10.3. The maximum Gasteiger partial charge on any atom is 0.282 e. The van der Waals surface area contributed by atoms with Crippen LogP contribution >= 0.6 is 0 Å². The summed E-state index contributed by atoms with van der Waals surface area (Å²) in [5.74, 6) is 0.551. The Morgan fingerprint density at radius 3 is 2.33 bits per heavy atom. The normalized spacial score (nSPS) is 20.2. The quantitative estimate of drug-likeness (QED) is 0.711. The number of hydrogen-bond donors (Lipinski definition) is 0. The Bertz CT molecular complexity index is 1060. The lowest BCUT2D eigenvalue weighted by atomic mass is 9.83. The van der Waals surface area contributed by atoms with E-state index in [1.165, 1.54) is 22.0 Å². The Labute approximate surface area is 178 Å². The van der Waals surface area contributed by atoms with Crippen molar-refractivity contribution in [1.82, 2.24) is 4.90 Å². The van der Waals surface area contributed by atoms with Gasteiger partial charge in [-0.25, -0.2) is 0 Å². The second-order valence-electron chi connectivity index (χ2n) is 8.29. The fourth-order valence-corrected chi connectivity index (χ4v) is 4.27. The lowest BCUT2D eigenvalue weighted by molar-refractivity contribution is -0.114. The predicted octanol–water partition coefficient (Wildman–Crippen LogP) is 4.54. The summed E-state index contributed by atoms with van der Waals surface area (Å²) in [5.41, 5.74) is 4.95. The second-order valence-corrected chi connectivity index (χ2v) is 8.29. The minimum absolute atomic E-state index is 0.113. The molecule has 2 aromatic rings. The third kappa shape index (κ3) is 3.11. The highest BCUT2D eigenvalue weighted by Gasteiger charge is 2.39. The van der Waals surface area contributed by atoms with Gasteiger partial charge in [-0.15, -0.1) is 5.10 Å². The summed E-state index contributed by atoms with van der Waals surface area (Å²) in [6.07, 6.45) is 4.01. The van der Waals surface area contributed by atoms with Crippen molar-refractivity contribution in [3.8, 4) is 0 Å². The fourth-order valence-electron chi connectivity index (χ4n) is 4.27. The van der Waals surface area contributed by atoms with Gasteiger partial charge in [-0.2, -0.15) is 5.01 Å². The van der Waals surface area contributed by atoms with Gasteiger partial charge in [0.15, 0.2) is 5.84 Å². The molecule has 0 aliphatic carbocycles. The highest BCUT2D eigenvalue weighted by atomic mass is 16.2. The third-order valence-corrected chi connectivity index (χ3v) is 5.81.